The van der Waals surface area contributed by atoms with Crippen LogP contribution in [0.4, 0.5) is 4.39 Å². The molecule has 0 radical (unpaired) electrons. The largest absolute Gasteiger partial charge is 0.338 e. The zero-order valence-electron chi connectivity index (χ0n) is 9.15. The van der Waals surface area contributed by atoms with Crippen LogP contribution in [-0.2, 0) is 13.5 Å². The van der Waals surface area contributed by atoms with Crippen molar-refractivity contribution >= 4 is 17.4 Å². The van der Waals surface area contributed by atoms with Crippen LogP contribution >= 0.6 is 11.6 Å². The van der Waals surface area contributed by atoms with E-state index in [9.17, 15) is 9.18 Å². The number of hydrogen-bond donors (Lipinski definition) is 0. The minimum absolute atomic E-state index is 0.000463. The molecule has 0 N–H and O–H groups in total. The van der Waals surface area contributed by atoms with Crippen molar-refractivity contribution in [2.45, 2.75) is 6.42 Å². The number of carbonyl (C=O) groups excluding carboxylic acids is 1. The number of halogens is 2. The van der Waals surface area contributed by atoms with Gasteiger partial charge in [-0.25, -0.2) is 9.37 Å². The molecule has 88 valence electrons. The molecule has 0 bridgehead atoms. The number of hydrogen-bond acceptors (Lipinski definition) is 2. The highest BCUT2D eigenvalue weighted by atomic mass is 35.5. The molecular formula is C12H10ClFN2O. The van der Waals surface area contributed by atoms with Crippen molar-refractivity contribution in [1.82, 2.24) is 9.55 Å². The van der Waals surface area contributed by atoms with E-state index in [2.05, 4.69) is 4.98 Å². The Balaban J connectivity index is 2.27. The van der Waals surface area contributed by atoms with Crippen LogP contribution in [0.2, 0.25) is 5.02 Å². The van der Waals surface area contributed by atoms with Crippen molar-refractivity contribution in [3.05, 3.63) is 52.8 Å². The number of nitrogens with zero attached hydrogens (tertiary/aromatic N) is 2. The zero-order valence-corrected chi connectivity index (χ0v) is 9.91. The molecule has 2 rings (SSSR count). The number of carbonyl (C=O) groups is 1. The number of imidazole rings is 1. The first-order chi connectivity index (χ1) is 8.09. The highest BCUT2D eigenvalue weighted by Gasteiger charge is 2.16. The van der Waals surface area contributed by atoms with Crippen LogP contribution in [0, 0.1) is 5.82 Å². The van der Waals surface area contributed by atoms with Crippen LogP contribution in [0.25, 0.3) is 0 Å². The molecule has 2 aromatic rings. The van der Waals surface area contributed by atoms with Gasteiger partial charge >= 0.3 is 0 Å². The van der Waals surface area contributed by atoms with E-state index in [0.29, 0.717) is 5.82 Å². The molecule has 0 spiro atoms. The molecule has 0 saturated heterocycles. The molecule has 0 aliphatic heterocycles. The summed E-state index contributed by atoms with van der Waals surface area (Å²) in [5, 5.41) is -0.0457. The molecule has 1 aromatic heterocycles. The summed E-state index contributed by atoms with van der Waals surface area (Å²) in [5.41, 5.74) is 0.000463. The van der Waals surface area contributed by atoms with Crippen molar-refractivity contribution in [2.75, 3.05) is 0 Å². The van der Waals surface area contributed by atoms with Gasteiger partial charge in [0.2, 0.25) is 0 Å². The van der Waals surface area contributed by atoms with Crippen molar-refractivity contribution in [3.63, 3.8) is 0 Å². The molecule has 0 aliphatic rings. The third-order valence-corrected chi connectivity index (χ3v) is 2.78. The molecule has 3 nitrogen and oxygen atoms in total. The van der Waals surface area contributed by atoms with Crippen LogP contribution in [0.5, 0.6) is 0 Å². The Morgan fingerprint density at radius 3 is 2.94 bits per heavy atom. The Bertz CT molecular complexity index is 565. The van der Waals surface area contributed by atoms with Gasteiger partial charge in [0.15, 0.2) is 11.6 Å². The molecule has 17 heavy (non-hydrogen) atoms. The molecular weight excluding hydrogens is 243 g/mol. The number of Topliss-reactive ketones (excluding diaryl/α,β-unsaturated/α-hetero) is 1. The van der Waals surface area contributed by atoms with Crippen molar-refractivity contribution in [1.29, 1.82) is 0 Å². The van der Waals surface area contributed by atoms with Crippen LogP contribution in [0.3, 0.4) is 0 Å². The molecule has 0 atom stereocenters. The Kier molecular flexibility index (Phi) is 3.24. The molecule has 0 unspecified atom stereocenters. The van der Waals surface area contributed by atoms with E-state index in [1.807, 2.05) is 0 Å². The van der Waals surface area contributed by atoms with E-state index >= 15 is 0 Å². The fraction of sp³-hybridized carbons (Fsp3) is 0.167. The quantitative estimate of drug-likeness (QED) is 0.787. The molecule has 0 saturated carbocycles. The van der Waals surface area contributed by atoms with Crippen LogP contribution < -0.4 is 0 Å². The van der Waals surface area contributed by atoms with Gasteiger partial charge in [0, 0.05) is 19.4 Å². The summed E-state index contributed by atoms with van der Waals surface area (Å²) in [5.74, 6) is -0.415. The Hall–Kier alpha value is -1.68. The lowest BCUT2D eigenvalue weighted by atomic mass is 10.1. The fourth-order valence-corrected chi connectivity index (χ4v) is 1.70. The second-order valence-electron chi connectivity index (χ2n) is 3.66. The second kappa shape index (κ2) is 4.67. The molecule has 1 aromatic carbocycles. The van der Waals surface area contributed by atoms with E-state index in [1.54, 1.807) is 30.1 Å². The monoisotopic (exact) mass is 252 g/mol. The predicted molar refractivity (Wildman–Crippen MR) is 62.7 cm³/mol. The smallest absolute Gasteiger partial charge is 0.173 e. The highest BCUT2D eigenvalue weighted by Crippen LogP contribution is 2.19. The van der Waals surface area contributed by atoms with Crippen LogP contribution in [0.15, 0.2) is 30.6 Å². The summed E-state index contributed by atoms with van der Waals surface area (Å²) in [7, 11) is 1.78. The maximum Gasteiger partial charge on any atom is 0.173 e. The summed E-state index contributed by atoms with van der Waals surface area (Å²) in [6.07, 6.45) is 3.38. The van der Waals surface area contributed by atoms with Gasteiger partial charge in [-0.05, 0) is 12.1 Å². The van der Waals surface area contributed by atoms with Crippen molar-refractivity contribution < 1.29 is 9.18 Å². The first-order valence-electron chi connectivity index (χ1n) is 5.03. The summed E-state index contributed by atoms with van der Waals surface area (Å²) in [6, 6.07) is 4.39. The number of rotatable bonds is 3. The van der Waals surface area contributed by atoms with Gasteiger partial charge in [-0.2, -0.15) is 0 Å². The van der Waals surface area contributed by atoms with Gasteiger partial charge in [0.25, 0.3) is 0 Å². The maximum atomic E-state index is 13.6. The van der Waals surface area contributed by atoms with Gasteiger partial charge in [-0.1, -0.05) is 17.7 Å². The zero-order chi connectivity index (χ0) is 12.4. The average Bonchev–Trinajstić information content (AvgIpc) is 2.68. The van der Waals surface area contributed by atoms with E-state index < -0.39 is 5.82 Å². The molecule has 0 fully saturated rings. The van der Waals surface area contributed by atoms with Gasteiger partial charge < -0.3 is 4.57 Å². The lowest BCUT2D eigenvalue weighted by Gasteiger charge is -2.04. The molecule has 0 amide bonds. The van der Waals surface area contributed by atoms with E-state index in [1.165, 1.54) is 12.1 Å². The predicted octanol–water partition coefficient (Wildman–Crippen LogP) is 2.64. The molecule has 5 heteroatoms. The minimum Gasteiger partial charge on any atom is -0.338 e. The van der Waals surface area contributed by atoms with Gasteiger partial charge in [-0.15, -0.1) is 0 Å². The van der Waals surface area contributed by atoms with Crippen molar-refractivity contribution in [2.24, 2.45) is 7.05 Å². The SMILES string of the molecule is Cn1ccnc1CC(=O)c1cccc(Cl)c1F. The third-order valence-electron chi connectivity index (χ3n) is 2.49. The van der Waals surface area contributed by atoms with Crippen LogP contribution in [-0.4, -0.2) is 15.3 Å². The van der Waals surface area contributed by atoms with Crippen molar-refractivity contribution in [3.8, 4) is 0 Å². The van der Waals surface area contributed by atoms with Gasteiger partial charge in [0.05, 0.1) is 17.0 Å². The number of benzene rings is 1. The Morgan fingerprint density at radius 1 is 1.53 bits per heavy atom. The van der Waals surface area contributed by atoms with E-state index in [4.69, 9.17) is 11.6 Å². The van der Waals surface area contributed by atoms with Gasteiger partial charge in [0.1, 0.15) is 5.82 Å². The summed E-state index contributed by atoms with van der Waals surface area (Å²) < 4.78 is 15.3. The molecule has 1 heterocycles. The van der Waals surface area contributed by atoms with Crippen LogP contribution in [0.1, 0.15) is 16.2 Å². The van der Waals surface area contributed by atoms with E-state index in [-0.39, 0.29) is 22.8 Å². The fourth-order valence-electron chi connectivity index (χ4n) is 1.52. The number of aromatic nitrogens is 2. The summed E-state index contributed by atoms with van der Waals surface area (Å²) in [6.45, 7) is 0. The lowest BCUT2D eigenvalue weighted by molar-refractivity contribution is 0.0986. The number of aryl methyl sites for hydroxylation is 1. The highest BCUT2D eigenvalue weighted by molar-refractivity contribution is 6.31. The maximum absolute atomic E-state index is 13.6. The Labute approximate surface area is 103 Å². The number of ketones is 1. The average molecular weight is 253 g/mol. The standard InChI is InChI=1S/C12H10ClFN2O/c1-16-6-5-15-11(16)7-10(17)8-3-2-4-9(13)12(8)14/h2-6H,7H2,1H3. The summed E-state index contributed by atoms with van der Waals surface area (Å²) >= 11 is 5.62. The third kappa shape index (κ3) is 2.36. The van der Waals surface area contributed by atoms with E-state index in [0.717, 1.165) is 0 Å². The summed E-state index contributed by atoms with van der Waals surface area (Å²) in [4.78, 5) is 15.9. The first kappa shape index (κ1) is 11.8. The molecule has 0 aliphatic carbocycles. The minimum atomic E-state index is -0.673. The lowest BCUT2D eigenvalue weighted by Crippen LogP contribution is -2.10. The normalized spacial score (nSPS) is 10.5. The Morgan fingerprint density at radius 2 is 2.29 bits per heavy atom. The topological polar surface area (TPSA) is 34.9 Å². The second-order valence-corrected chi connectivity index (χ2v) is 4.06. The van der Waals surface area contributed by atoms with Gasteiger partial charge in [-0.3, -0.25) is 4.79 Å². The first-order valence-corrected chi connectivity index (χ1v) is 5.41.